The number of benzene rings is 2. The molecule has 2 aromatic carbocycles. The molecule has 0 bridgehead atoms. The zero-order chi connectivity index (χ0) is 17.1. The molecule has 4 heteroatoms. The van der Waals surface area contributed by atoms with Crippen LogP contribution in [-0.2, 0) is 0 Å². The molecule has 0 aliphatic carbocycles. The molecule has 120 valence electrons. The monoisotopic (exact) mass is 317 g/mol. The van der Waals surface area contributed by atoms with Crippen molar-refractivity contribution in [1.29, 1.82) is 0 Å². The van der Waals surface area contributed by atoms with Crippen LogP contribution in [0.2, 0.25) is 0 Å². The van der Waals surface area contributed by atoms with Crippen LogP contribution in [-0.4, -0.2) is 9.55 Å². The molecule has 4 nitrogen and oxygen atoms in total. The van der Waals surface area contributed by atoms with Crippen LogP contribution < -0.4 is 11.3 Å². The van der Waals surface area contributed by atoms with E-state index in [0.29, 0.717) is 28.7 Å². The summed E-state index contributed by atoms with van der Waals surface area (Å²) in [6, 6.07) is 14.7. The Hall–Kier alpha value is -2.90. The van der Waals surface area contributed by atoms with Crippen molar-refractivity contribution in [1.82, 2.24) is 9.55 Å². The van der Waals surface area contributed by atoms with Crippen molar-refractivity contribution >= 4 is 10.9 Å². The number of aromatic nitrogens is 2. The first-order valence-corrected chi connectivity index (χ1v) is 7.96. The second kappa shape index (κ2) is 6.69. The molecular formula is C20H19N3O. The van der Waals surface area contributed by atoms with Gasteiger partial charge in [0.15, 0.2) is 0 Å². The molecule has 1 atom stereocenters. The molecule has 0 unspecified atom stereocenters. The van der Waals surface area contributed by atoms with Gasteiger partial charge in [-0.3, -0.25) is 9.36 Å². The standard InChI is InChI=1S/C20H19N3O/c1-3-9-14-10-8-13-17-18(14)20(24)23(15-11-6-5-7-12-15)19(22-17)16(21)4-2/h5-8,10-13,16H,4,21H2,1-2H3/t16-/m0/s1. The molecule has 2 N–H and O–H groups in total. The number of nitrogens with two attached hydrogens (primary N) is 1. The lowest BCUT2D eigenvalue weighted by Crippen LogP contribution is -2.28. The normalized spacial score (nSPS) is 11.8. The highest BCUT2D eigenvalue weighted by molar-refractivity contribution is 5.84. The number of rotatable bonds is 3. The van der Waals surface area contributed by atoms with E-state index in [9.17, 15) is 4.79 Å². The Morgan fingerprint density at radius 1 is 1.17 bits per heavy atom. The van der Waals surface area contributed by atoms with Crippen molar-refractivity contribution < 1.29 is 0 Å². The van der Waals surface area contributed by atoms with Gasteiger partial charge in [-0.05, 0) is 37.6 Å². The average Bonchev–Trinajstić information content (AvgIpc) is 2.61. The Kier molecular flexibility index (Phi) is 4.45. The van der Waals surface area contributed by atoms with E-state index >= 15 is 0 Å². The summed E-state index contributed by atoms with van der Waals surface area (Å²) in [6.07, 6.45) is 0.694. The smallest absolute Gasteiger partial charge is 0.267 e. The highest BCUT2D eigenvalue weighted by Crippen LogP contribution is 2.20. The summed E-state index contributed by atoms with van der Waals surface area (Å²) >= 11 is 0. The summed E-state index contributed by atoms with van der Waals surface area (Å²) in [4.78, 5) is 18.0. The Bertz CT molecular complexity index is 994. The van der Waals surface area contributed by atoms with Crippen LogP contribution in [0.25, 0.3) is 16.6 Å². The maximum atomic E-state index is 13.3. The summed E-state index contributed by atoms with van der Waals surface area (Å²) in [6.45, 7) is 3.73. The molecule has 0 amide bonds. The van der Waals surface area contributed by atoms with Crippen molar-refractivity contribution in [3.63, 3.8) is 0 Å². The quantitative estimate of drug-likeness (QED) is 0.755. The Morgan fingerprint density at radius 3 is 2.58 bits per heavy atom. The molecule has 0 saturated heterocycles. The molecule has 1 heterocycles. The number of hydrogen-bond donors (Lipinski definition) is 1. The fourth-order valence-corrected chi connectivity index (χ4v) is 2.74. The van der Waals surface area contributed by atoms with Crippen molar-refractivity contribution in [3.05, 3.63) is 70.3 Å². The third kappa shape index (κ3) is 2.70. The zero-order valence-electron chi connectivity index (χ0n) is 13.8. The maximum absolute atomic E-state index is 13.3. The third-order valence-electron chi connectivity index (χ3n) is 3.97. The topological polar surface area (TPSA) is 60.9 Å². The van der Waals surface area contributed by atoms with Gasteiger partial charge >= 0.3 is 0 Å². The Balaban J connectivity index is 2.46. The fourth-order valence-electron chi connectivity index (χ4n) is 2.74. The molecule has 0 fully saturated rings. The van der Waals surface area contributed by atoms with E-state index in [2.05, 4.69) is 11.8 Å². The van der Waals surface area contributed by atoms with Crippen molar-refractivity contribution in [2.75, 3.05) is 0 Å². The minimum absolute atomic E-state index is 0.136. The van der Waals surface area contributed by atoms with Crippen LogP contribution in [0.5, 0.6) is 0 Å². The van der Waals surface area contributed by atoms with Crippen LogP contribution in [0.15, 0.2) is 53.3 Å². The van der Waals surface area contributed by atoms with Crippen LogP contribution in [0.3, 0.4) is 0 Å². The van der Waals surface area contributed by atoms with Gasteiger partial charge in [0.1, 0.15) is 5.82 Å². The maximum Gasteiger partial charge on any atom is 0.267 e. The second-order valence-electron chi connectivity index (χ2n) is 5.54. The SMILES string of the molecule is CC#Cc1cccc2nc([C@@H](N)CC)n(-c3ccccc3)c(=O)c12. The summed E-state index contributed by atoms with van der Waals surface area (Å²) in [5.41, 5.74) is 8.18. The molecule has 3 rings (SSSR count). The van der Waals surface area contributed by atoms with E-state index in [-0.39, 0.29) is 11.6 Å². The lowest BCUT2D eigenvalue weighted by Gasteiger charge is -2.17. The molecule has 3 aromatic rings. The predicted octanol–water partition coefficient (Wildman–Crippen LogP) is 3.17. The molecule has 1 aromatic heterocycles. The summed E-state index contributed by atoms with van der Waals surface area (Å²) in [5, 5.41) is 0.530. The first kappa shape index (κ1) is 16.0. The summed E-state index contributed by atoms with van der Waals surface area (Å²) < 4.78 is 1.61. The second-order valence-corrected chi connectivity index (χ2v) is 5.54. The lowest BCUT2D eigenvalue weighted by atomic mass is 10.1. The van der Waals surface area contributed by atoms with Gasteiger partial charge < -0.3 is 5.73 Å². The Labute approximate surface area is 141 Å². The van der Waals surface area contributed by atoms with Gasteiger partial charge in [-0.15, -0.1) is 5.92 Å². The molecule has 24 heavy (non-hydrogen) atoms. The molecule has 0 saturated carbocycles. The van der Waals surface area contributed by atoms with Gasteiger partial charge in [-0.2, -0.15) is 0 Å². The molecule has 0 aliphatic rings. The van der Waals surface area contributed by atoms with Gasteiger partial charge in [0.05, 0.1) is 22.6 Å². The summed E-state index contributed by atoms with van der Waals surface area (Å²) in [7, 11) is 0. The van der Waals surface area contributed by atoms with E-state index in [0.717, 1.165) is 5.69 Å². The first-order valence-electron chi connectivity index (χ1n) is 7.96. The molecule has 0 spiro atoms. The fraction of sp³-hybridized carbons (Fsp3) is 0.200. The number of fused-ring (bicyclic) bond motifs is 1. The van der Waals surface area contributed by atoms with Gasteiger partial charge in [-0.1, -0.05) is 37.1 Å². The number of nitrogens with zero attached hydrogens (tertiary/aromatic N) is 2. The summed E-state index contributed by atoms with van der Waals surface area (Å²) in [5.74, 6) is 6.43. The van der Waals surface area contributed by atoms with Crippen molar-refractivity contribution in [2.45, 2.75) is 26.3 Å². The van der Waals surface area contributed by atoms with Crippen LogP contribution in [0.1, 0.15) is 37.7 Å². The number of para-hydroxylation sites is 1. The van der Waals surface area contributed by atoms with Crippen molar-refractivity contribution in [3.8, 4) is 17.5 Å². The van der Waals surface area contributed by atoms with E-state index < -0.39 is 0 Å². The van der Waals surface area contributed by atoms with Crippen LogP contribution in [0.4, 0.5) is 0 Å². The lowest BCUT2D eigenvalue weighted by molar-refractivity contribution is 0.623. The van der Waals surface area contributed by atoms with E-state index in [4.69, 9.17) is 10.7 Å². The van der Waals surface area contributed by atoms with Gasteiger partial charge in [0.25, 0.3) is 5.56 Å². The largest absolute Gasteiger partial charge is 0.321 e. The average molecular weight is 317 g/mol. The highest BCUT2D eigenvalue weighted by Gasteiger charge is 2.18. The minimum Gasteiger partial charge on any atom is -0.321 e. The Morgan fingerprint density at radius 2 is 1.92 bits per heavy atom. The first-order chi connectivity index (χ1) is 11.7. The highest BCUT2D eigenvalue weighted by atomic mass is 16.1. The van der Waals surface area contributed by atoms with Crippen LogP contribution >= 0.6 is 0 Å². The van der Waals surface area contributed by atoms with Gasteiger partial charge in [-0.25, -0.2) is 4.98 Å². The van der Waals surface area contributed by atoms with Crippen molar-refractivity contribution in [2.24, 2.45) is 5.73 Å². The van der Waals surface area contributed by atoms with E-state index in [1.807, 2.05) is 55.5 Å². The molecule has 0 radical (unpaired) electrons. The van der Waals surface area contributed by atoms with E-state index in [1.54, 1.807) is 11.5 Å². The molecule has 0 aliphatic heterocycles. The van der Waals surface area contributed by atoms with Gasteiger partial charge in [0, 0.05) is 5.56 Å². The third-order valence-corrected chi connectivity index (χ3v) is 3.97. The van der Waals surface area contributed by atoms with Crippen LogP contribution in [0, 0.1) is 11.8 Å². The molecular weight excluding hydrogens is 298 g/mol. The minimum atomic E-state index is -0.316. The zero-order valence-corrected chi connectivity index (χ0v) is 13.8. The number of hydrogen-bond acceptors (Lipinski definition) is 3. The van der Waals surface area contributed by atoms with E-state index in [1.165, 1.54) is 0 Å². The van der Waals surface area contributed by atoms with Gasteiger partial charge in [0.2, 0.25) is 0 Å². The predicted molar refractivity (Wildman–Crippen MR) is 97.1 cm³/mol.